The van der Waals surface area contributed by atoms with E-state index in [1.165, 1.54) is 11.3 Å². The number of carbonyl (C=O) groups is 2. The lowest BCUT2D eigenvalue weighted by Crippen LogP contribution is -2.46. The molecule has 1 aromatic carbocycles. The van der Waals surface area contributed by atoms with Crippen molar-refractivity contribution in [3.05, 3.63) is 75.3 Å². The zero-order valence-electron chi connectivity index (χ0n) is 17.3. The molecule has 1 fully saturated rings. The van der Waals surface area contributed by atoms with Crippen LogP contribution in [-0.4, -0.2) is 17.9 Å². The summed E-state index contributed by atoms with van der Waals surface area (Å²) in [6.45, 7) is 1.83. The van der Waals surface area contributed by atoms with Crippen molar-refractivity contribution >= 4 is 40.4 Å². The third kappa shape index (κ3) is 5.20. The standard InChI is InChI=1S/C24H25ClN2O3S/c1-16-8-13-21(30-16)23(24(29)26-18-5-2-3-6-18)27(19-11-9-17(25)10-12-19)22(28)15-20-7-4-14-31-20/h4,7-14,18,23H,2-3,5-6,15H2,1H3,(H,26,29)/t23-/m0/s1. The smallest absolute Gasteiger partial charge is 0.251 e. The van der Waals surface area contributed by atoms with Crippen LogP contribution in [0, 0.1) is 6.92 Å². The molecule has 1 N–H and O–H groups in total. The van der Waals surface area contributed by atoms with E-state index in [2.05, 4.69) is 5.32 Å². The van der Waals surface area contributed by atoms with Crippen molar-refractivity contribution in [2.75, 3.05) is 4.90 Å². The largest absolute Gasteiger partial charge is 0.464 e. The first-order valence-corrected chi connectivity index (χ1v) is 11.7. The number of aryl methyl sites for hydroxylation is 1. The lowest BCUT2D eigenvalue weighted by atomic mass is 10.1. The van der Waals surface area contributed by atoms with Gasteiger partial charge in [-0.3, -0.25) is 14.5 Å². The van der Waals surface area contributed by atoms with Crippen LogP contribution >= 0.6 is 22.9 Å². The Morgan fingerprint density at radius 1 is 1.16 bits per heavy atom. The summed E-state index contributed by atoms with van der Waals surface area (Å²) in [7, 11) is 0. The van der Waals surface area contributed by atoms with Crippen molar-refractivity contribution in [3.8, 4) is 0 Å². The Hall–Kier alpha value is -2.57. The maximum atomic E-state index is 13.5. The van der Waals surface area contributed by atoms with Gasteiger partial charge in [-0.25, -0.2) is 0 Å². The fourth-order valence-corrected chi connectivity index (χ4v) is 4.83. The number of rotatable bonds is 7. The lowest BCUT2D eigenvalue weighted by Gasteiger charge is -2.31. The van der Waals surface area contributed by atoms with Crippen molar-refractivity contribution in [2.45, 2.75) is 51.1 Å². The van der Waals surface area contributed by atoms with Gasteiger partial charge in [-0.15, -0.1) is 11.3 Å². The normalized spacial score (nSPS) is 15.0. The Morgan fingerprint density at radius 3 is 2.52 bits per heavy atom. The average Bonchev–Trinajstić information content (AvgIpc) is 3.51. The van der Waals surface area contributed by atoms with Crippen molar-refractivity contribution in [1.29, 1.82) is 0 Å². The summed E-state index contributed by atoms with van der Waals surface area (Å²) in [4.78, 5) is 29.5. The molecule has 1 atom stereocenters. The van der Waals surface area contributed by atoms with Gasteiger partial charge in [0.2, 0.25) is 5.91 Å². The highest BCUT2D eigenvalue weighted by molar-refractivity contribution is 7.10. The van der Waals surface area contributed by atoms with Crippen molar-refractivity contribution in [3.63, 3.8) is 0 Å². The molecule has 0 unspecified atom stereocenters. The Kier molecular flexibility index (Phi) is 6.78. The van der Waals surface area contributed by atoms with Gasteiger partial charge in [0.1, 0.15) is 11.5 Å². The first kappa shape index (κ1) is 21.7. The number of halogens is 1. The molecule has 0 bridgehead atoms. The highest BCUT2D eigenvalue weighted by Crippen LogP contribution is 2.32. The van der Waals surface area contributed by atoms with E-state index in [9.17, 15) is 9.59 Å². The summed E-state index contributed by atoms with van der Waals surface area (Å²) >= 11 is 7.61. The minimum absolute atomic E-state index is 0.130. The molecule has 0 saturated heterocycles. The van der Waals surface area contributed by atoms with Crippen LogP contribution in [0.4, 0.5) is 5.69 Å². The van der Waals surface area contributed by atoms with Gasteiger partial charge < -0.3 is 9.73 Å². The number of benzene rings is 1. The minimum atomic E-state index is -0.900. The molecule has 2 heterocycles. The summed E-state index contributed by atoms with van der Waals surface area (Å²) in [5, 5.41) is 5.65. The SMILES string of the molecule is Cc1ccc([C@@H](C(=O)NC2CCCC2)N(C(=O)Cc2cccs2)c2ccc(Cl)cc2)o1. The molecule has 2 aromatic heterocycles. The molecule has 1 aliphatic carbocycles. The third-order valence-electron chi connectivity index (χ3n) is 5.52. The molecule has 3 aromatic rings. The van der Waals surface area contributed by atoms with Crippen LogP contribution in [0.2, 0.25) is 5.02 Å². The first-order valence-electron chi connectivity index (χ1n) is 10.5. The summed E-state index contributed by atoms with van der Waals surface area (Å²) in [6, 6.07) is 13.6. The fraction of sp³-hybridized carbons (Fsp3) is 0.333. The number of furan rings is 1. The zero-order valence-corrected chi connectivity index (χ0v) is 18.9. The highest BCUT2D eigenvalue weighted by Gasteiger charge is 2.36. The Labute approximate surface area is 191 Å². The van der Waals surface area contributed by atoms with Crippen LogP contribution in [0.25, 0.3) is 0 Å². The van der Waals surface area contributed by atoms with Gasteiger partial charge in [-0.05, 0) is 67.6 Å². The summed E-state index contributed by atoms with van der Waals surface area (Å²) < 4.78 is 5.86. The molecule has 7 heteroatoms. The Balaban J connectivity index is 1.73. The molecule has 31 heavy (non-hydrogen) atoms. The third-order valence-corrected chi connectivity index (χ3v) is 6.65. The summed E-state index contributed by atoms with van der Waals surface area (Å²) in [5.41, 5.74) is 0.603. The van der Waals surface area contributed by atoms with Gasteiger partial charge in [0.05, 0.1) is 6.42 Å². The van der Waals surface area contributed by atoms with E-state index in [0.29, 0.717) is 22.2 Å². The van der Waals surface area contributed by atoms with Crippen molar-refractivity contribution in [2.24, 2.45) is 0 Å². The van der Waals surface area contributed by atoms with E-state index < -0.39 is 6.04 Å². The second-order valence-corrected chi connectivity index (χ2v) is 9.31. The average molecular weight is 457 g/mol. The molecule has 4 rings (SSSR count). The van der Waals surface area contributed by atoms with Crippen LogP contribution in [0.3, 0.4) is 0 Å². The zero-order chi connectivity index (χ0) is 21.8. The van der Waals surface area contributed by atoms with E-state index >= 15 is 0 Å². The number of thiophene rings is 1. The van der Waals surface area contributed by atoms with Gasteiger partial charge in [-0.2, -0.15) is 0 Å². The minimum Gasteiger partial charge on any atom is -0.464 e. The van der Waals surface area contributed by atoms with E-state index in [4.69, 9.17) is 16.0 Å². The molecular weight excluding hydrogens is 432 g/mol. The van der Waals surface area contributed by atoms with Crippen LogP contribution < -0.4 is 10.2 Å². The van der Waals surface area contributed by atoms with Gasteiger partial charge in [0, 0.05) is 21.6 Å². The number of amides is 2. The first-order chi connectivity index (χ1) is 15.0. The van der Waals surface area contributed by atoms with Crippen LogP contribution in [0.15, 0.2) is 58.3 Å². The molecule has 0 aliphatic heterocycles. The van der Waals surface area contributed by atoms with Gasteiger partial charge in [0.15, 0.2) is 6.04 Å². The quantitative estimate of drug-likeness (QED) is 0.497. The molecular formula is C24H25ClN2O3S. The van der Waals surface area contributed by atoms with E-state index in [0.717, 1.165) is 30.6 Å². The lowest BCUT2D eigenvalue weighted by molar-refractivity contribution is -0.127. The summed E-state index contributed by atoms with van der Waals surface area (Å²) in [6.07, 6.45) is 4.33. The molecule has 0 radical (unpaired) electrons. The van der Waals surface area contributed by atoms with Crippen LogP contribution in [-0.2, 0) is 16.0 Å². The molecule has 0 spiro atoms. The van der Waals surface area contributed by atoms with Crippen molar-refractivity contribution < 1.29 is 14.0 Å². The predicted molar refractivity (Wildman–Crippen MR) is 124 cm³/mol. The van der Waals surface area contributed by atoms with Crippen molar-refractivity contribution in [1.82, 2.24) is 5.32 Å². The highest BCUT2D eigenvalue weighted by atomic mass is 35.5. The summed E-state index contributed by atoms with van der Waals surface area (Å²) in [5.74, 6) is 0.735. The maximum absolute atomic E-state index is 13.5. The van der Waals surface area contributed by atoms with E-state index in [-0.39, 0.29) is 24.3 Å². The molecule has 162 valence electrons. The number of nitrogens with one attached hydrogen (secondary N) is 1. The second kappa shape index (κ2) is 9.71. The fourth-order valence-electron chi connectivity index (χ4n) is 4.01. The maximum Gasteiger partial charge on any atom is 0.251 e. The number of carbonyl (C=O) groups excluding carboxylic acids is 2. The van der Waals surface area contributed by atoms with Crippen LogP contribution in [0.1, 0.15) is 48.1 Å². The van der Waals surface area contributed by atoms with E-state index in [1.54, 1.807) is 35.2 Å². The number of hydrogen-bond donors (Lipinski definition) is 1. The number of anilines is 1. The Morgan fingerprint density at radius 2 is 1.90 bits per heavy atom. The van der Waals surface area contributed by atoms with E-state index in [1.807, 2.05) is 30.5 Å². The van der Waals surface area contributed by atoms with Gasteiger partial charge in [-0.1, -0.05) is 30.5 Å². The van der Waals surface area contributed by atoms with Crippen LogP contribution in [0.5, 0.6) is 0 Å². The molecule has 2 amide bonds. The molecule has 1 aliphatic rings. The number of nitrogens with zero attached hydrogens (tertiary/aromatic N) is 1. The Bertz CT molecular complexity index is 1020. The topological polar surface area (TPSA) is 62.6 Å². The van der Waals surface area contributed by atoms with Gasteiger partial charge in [0.25, 0.3) is 5.91 Å². The number of hydrogen-bond acceptors (Lipinski definition) is 4. The van der Waals surface area contributed by atoms with Gasteiger partial charge >= 0.3 is 0 Å². The predicted octanol–water partition coefficient (Wildman–Crippen LogP) is 5.68. The molecule has 1 saturated carbocycles. The second-order valence-electron chi connectivity index (χ2n) is 7.84. The molecule has 5 nitrogen and oxygen atoms in total. The monoisotopic (exact) mass is 456 g/mol.